The molecule has 266 valence electrons. The summed E-state index contributed by atoms with van der Waals surface area (Å²) in [5.41, 5.74) is 3.65. The van der Waals surface area contributed by atoms with Crippen molar-refractivity contribution in [2.75, 3.05) is 6.54 Å². The summed E-state index contributed by atoms with van der Waals surface area (Å²) in [4.78, 5) is 85.1. The molecule has 52 heavy (non-hydrogen) atoms. The van der Waals surface area contributed by atoms with Crippen LogP contribution in [0.4, 0.5) is 0 Å². The van der Waals surface area contributed by atoms with Crippen molar-refractivity contribution in [3.05, 3.63) is 94.5 Å². The highest BCUT2D eigenvalue weighted by Crippen LogP contribution is 2.24. The van der Waals surface area contributed by atoms with Crippen LogP contribution in [0.5, 0.6) is 0 Å². The Hall–Kier alpha value is -5.35. The lowest BCUT2D eigenvalue weighted by atomic mass is 9.78. The molecule has 17 heteroatoms. The zero-order valence-corrected chi connectivity index (χ0v) is 27.9. The number of imide groups is 1. The number of carbonyl (C=O) groups excluding carboxylic acids is 6. The molecule has 4 heterocycles. The maximum absolute atomic E-state index is 14.1. The van der Waals surface area contributed by atoms with Crippen molar-refractivity contribution >= 4 is 60.7 Å². The molecule has 0 bridgehead atoms. The van der Waals surface area contributed by atoms with Crippen molar-refractivity contribution in [3.8, 4) is 0 Å². The highest BCUT2D eigenvalue weighted by Gasteiger charge is 2.42. The van der Waals surface area contributed by atoms with Gasteiger partial charge in [-0.25, -0.2) is 4.79 Å². The van der Waals surface area contributed by atoms with E-state index in [1.165, 1.54) is 11.0 Å². The van der Waals surface area contributed by atoms with Gasteiger partial charge in [-0.05, 0) is 64.7 Å². The Morgan fingerprint density at radius 3 is 2.13 bits per heavy atom. The first-order chi connectivity index (χ1) is 25.0. The van der Waals surface area contributed by atoms with Gasteiger partial charge in [-0.3, -0.25) is 24.0 Å². The molecule has 0 aromatic heterocycles. The van der Waals surface area contributed by atoms with Crippen LogP contribution in [-0.4, -0.2) is 94.4 Å². The Morgan fingerprint density at radius 2 is 1.48 bits per heavy atom. The second-order valence-corrected chi connectivity index (χ2v) is 13.2. The van der Waals surface area contributed by atoms with Crippen molar-refractivity contribution < 1.29 is 53.0 Å². The van der Waals surface area contributed by atoms with Gasteiger partial charge < -0.3 is 39.7 Å². The summed E-state index contributed by atoms with van der Waals surface area (Å²) in [5, 5.41) is 26.6. The van der Waals surface area contributed by atoms with E-state index in [0.29, 0.717) is 16.0 Å². The van der Waals surface area contributed by atoms with E-state index in [1.54, 1.807) is 42.5 Å². The molecule has 3 atom stereocenters. The van der Waals surface area contributed by atoms with Gasteiger partial charge in [0.15, 0.2) is 0 Å². The van der Waals surface area contributed by atoms with Crippen molar-refractivity contribution in [2.45, 2.75) is 63.4 Å². The molecule has 15 nitrogen and oxygen atoms in total. The van der Waals surface area contributed by atoms with E-state index >= 15 is 0 Å². The highest BCUT2D eigenvalue weighted by atomic mass is 16.7. The molecule has 7 rings (SSSR count). The van der Waals surface area contributed by atoms with Gasteiger partial charge in [-0.2, -0.15) is 0 Å². The molecule has 0 unspecified atom stereocenters. The number of rotatable bonds is 10. The average molecular weight is 708 g/mol. The first-order valence-corrected chi connectivity index (χ1v) is 16.9. The van der Waals surface area contributed by atoms with Gasteiger partial charge in [-0.1, -0.05) is 42.5 Å². The summed E-state index contributed by atoms with van der Waals surface area (Å²) in [5.74, 6) is -3.78. The van der Waals surface area contributed by atoms with Crippen LogP contribution < -0.4 is 21.6 Å². The molecule has 0 aliphatic carbocycles. The van der Waals surface area contributed by atoms with Gasteiger partial charge in [0.1, 0.15) is 6.04 Å². The summed E-state index contributed by atoms with van der Waals surface area (Å²) in [7, 11) is -2.35. The van der Waals surface area contributed by atoms with Gasteiger partial charge in [0, 0.05) is 42.6 Å². The predicted octanol–water partition coefficient (Wildman–Crippen LogP) is -1.14. The molecule has 3 aromatic rings. The van der Waals surface area contributed by atoms with E-state index in [2.05, 4.69) is 10.6 Å². The number of fused-ring (bicyclic) bond motifs is 2. The second kappa shape index (κ2) is 14.7. The first-order valence-electron chi connectivity index (χ1n) is 16.9. The molecule has 3 aromatic carbocycles. The SMILES string of the molecule is O=C(C[C@H](Cc1ccccc1)NC(=O)[C@@H]1C[C@@H](NC(=O)c2ccc3c(c2)B(O)OC3)CN1C(=O)c1ccc2c(c1)B(O)OC2)ON1C(=O)CCC1=O. The maximum atomic E-state index is 14.1. The number of amides is 5. The fourth-order valence-electron chi connectivity index (χ4n) is 6.92. The van der Waals surface area contributed by atoms with E-state index < -0.39 is 74.3 Å². The average Bonchev–Trinajstić information content (AvgIpc) is 3.91. The quantitative estimate of drug-likeness (QED) is 0.147. The number of carbonyl (C=O) groups is 6. The van der Waals surface area contributed by atoms with Crippen molar-refractivity contribution in [3.63, 3.8) is 0 Å². The van der Waals surface area contributed by atoms with Crippen molar-refractivity contribution in [1.82, 2.24) is 20.6 Å². The number of likely N-dealkylation sites (tertiary alicyclic amines) is 1. The molecule has 0 radical (unpaired) electrons. The van der Waals surface area contributed by atoms with E-state index in [4.69, 9.17) is 14.1 Å². The summed E-state index contributed by atoms with van der Waals surface area (Å²) in [6.07, 6.45) is -0.330. The molecule has 5 amide bonds. The van der Waals surface area contributed by atoms with Crippen molar-refractivity contribution in [2.24, 2.45) is 0 Å². The fourth-order valence-corrected chi connectivity index (χ4v) is 6.92. The molecular formula is C35H34B2N4O11. The Balaban J connectivity index is 1.12. The normalized spacial score (nSPS) is 19.8. The van der Waals surface area contributed by atoms with Crippen LogP contribution in [0.3, 0.4) is 0 Å². The Morgan fingerprint density at radius 1 is 0.865 bits per heavy atom. The lowest BCUT2D eigenvalue weighted by molar-refractivity contribution is -0.197. The fraction of sp³-hybridized carbons (Fsp3) is 0.314. The molecule has 4 aliphatic heterocycles. The predicted molar refractivity (Wildman–Crippen MR) is 182 cm³/mol. The van der Waals surface area contributed by atoms with Gasteiger partial charge in [-0.15, -0.1) is 5.06 Å². The topological polar surface area (TPSA) is 201 Å². The van der Waals surface area contributed by atoms with Crippen molar-refractivity contribution in [1.29, 1.82) is 0 Å². The van der Waals surface area contributed by atoms with Crippen LogP contribution in [0.1, 0.15) is 63.1 Å². The largest absolute Gasteiger partial charge is 0.491 e. The third-order valence-electron chi connectivity index (χ3n) is 9.61. The van der Waals surface area contributed by atoms with Crippen LogP contribution in [0.15, 0.2) is 66.7 Å². The zero-order chi connectivity index (χ0) is 36.5. The van der Waals surface area contributed by atoms with E-state index in [0.717, 1.165) is 16.7 Å². The summed E-state index contributed by atoms with van der Waals surface area (Å²) >= 11 is 0. The van der Waals surface area contributed by atoms with Gasteiger partial charge in [0.25, 0.3) is 23.6 Å². The molecule has 4 N–H and O–H groups in total. The summed E-state index contributed by atoms with van der Waals surface area (Å²) < 4.78 is 10.5. The third-order valence-corrected chi connectivity index (χ3v) is 9.61. The molecule has 2 saturated heterocycles. The standard InChI is InChI=1S/C35H34B2N4O11/c42-30-10-11-31(43)41(30)52-32(44)16-25(12-20-4-2-1-3-5-20)38-34(46)29-15-26(39-33(45)21-6-8-23-18-50-36(48)27(23)13-21)17-40(29)35(47)22-7-9-24-19-51-37(49)28(24)14-22/h1-9,13-14,25-26,29,48-49H,10-12,15-19H2,(H,38,46)(H,39,45)/t25-,26+,29-/m0/s1. The van der Waals surface area contributed by atoms with Gasteiger partial charge in [0.2, 0.25) is 5.91 Å². The van der Waals surface area contributed by atoms with Crippen LogP contribution in [0.25, 0.3) is 0 Å². The summed E-state index contributed by atoms with van der Waals surface area (Å²) in [6.45, 7) is 0.364. The molecule has 2 fully saturated rings. The Labute approximate surface area is 298 Å². The van der Waals surface area contributed by atoms with E-state index in [-0.39, 0.29) is 56.6 Å². The minimum Gasteiger partial charge on any atom is -0.423 e. The molecule has 0 spiro atoms. The van der Waals surface area contributed by atoms with Crippen LogP contribution in [-0.2, 0) is 53.0 Å². The minimum atomic E-state index is -1.20. The molecule has 4 aliphatic rings. The first kappa shape index (κ1) is 35.1. The summed E-state index contributed by atoms with van der Waals surface area (Å²) in [6, 6.07) is 16.0. The lowest BCUT2D eigenvalue weighted by Crippen LogP contribution is -2.50. The Kier molecular flexibility index (Phi) is 9.92. The highest BCUT2D eigenvalue weighted by molar-refractivity contribution is 6.62. The third kappa shape index (κ3) is 7.34. The number of nitrogens with zero attached hydrogens (tertiary/aromatic N) is 2. The van der Waals surface area contributed by atoms with Gasteiger partial charge in [0.05, 0.1) is 19.6 Å². The monoisotopic (exact) mass is 708 g/mol. The van der Waals surface area contributed by atoms with Gasteiger partial charge >= 0.3 is 20.2 Å². The van der Waals surface area contributed by atoms with E-state index in [1.807, 2.05) is 18.2 Å². The van der Waals surface area contributed by atoms with Crippen LogP contribution in [0, 0.1) is 0 Å². The lowest BCUT2D eigenvalue weighted by Gasteiger charge is -2.27. The smallest absolute Gasteiger partial charge is 0.423 e. The second-order valence-electron chi connectivity index (χ2n) is 13.2. The van der Waals surface area contributed by atoms with E-state index in [9.17, 15) is 38.8 Å². The molecular weight excluding hydrogens is 674 g/mol. The zero-order valence-electron chi connectivity index (χ0n) is 27.9. The Bertz CT molecular complexity index is 1930. The minimum absolute atomic E-state index is 0.0238. The number of benzene rings is 3. The van der Waals surface area contributed by atoms with Crippen LogP contribution >= 0.6 is 0 Å². The number of hydrogen-bond acceptors (Lipinski definition) is 11. The number of hydrogen-bond donors (Lipinski definition) is 4. The molecule has 0 saturated carbocycles. The van der Waals surface area contributed by atoms with Crippen LogP contribution in [0.2, 0.25) is 0 Å². The number of nitrogens with one attached hydrogen (secondary N) is 2. The maximum Gasteiger partial charge on any atom is 0.491 e. The number of hydroxylamine groups is 2.